The van der Waals surface area contributed by atoms with Crippen LogP contribution in [0, 0.1) is 20.2 Å². The number of anilines is 1. The zero-order chi connectivity index (χ0) is 13.9. The van der Waals surface area contributed by atoms with Gasteiger partial charge in [-0.3, -0.25) is 25.0 Å². The van der Waals surface area contributed by atoms with Gasteiger partial charge in [-0.15, -0.1) is 0 Å². The topological polar surface area (TPSA) is 107 Å². The molecule has 18 heavy (non-hydrogen) atoms. The summed E-state index contributed by atoms with van der Waals surface area (Å²) < 4.78 is 0.235. The number of amides is 1. The second kappa shape index (κ2) is 5.15. The van der Waals surface area contributed by atoms with Crippen molar-refractivity contribution >= 4 is 35.0 Å². The fourth-order valence-electron chi connectivity index (χ4n) is 1.02. The fraction of sp³-hybridized carbons (Fsp3) is 0.125. The molecular formula is C8H5Cl2N3O5. The molecule has 0 heterocycles. The van der Waals surface area contributed by atoms with Gasteiger partial charge in [0, 0.05) is 11.8 Å². The molecule has 10 heteroatoms. The molecule has 96 valence electrons. The highest BCUT2D eigenvalue weighted by Gasteiger charge is 2.65. The van der Waals surface area contributed by atoms with Crippen molar-refractivity contribution < 1.29 is 14.6 Å². The molecule has 0 N–H and O–H groups in total. The molecule has 0 bridgehead atoms. The molecule has 1 rings (SSSR count). The molecule has 0 radical (unpaired) electrons. The predicted octanol–water partition coefficient (Wildman–Crippen LogP) is 1.62. The Hall–Kier alpha value is -1.93. The average molecular weight is 294 g/mol. The highest BCUT2D eigenvalue weighted by molar-refractivity contribution is 6.44. The third-order valence-corrected chi connectivity index (χ3v) is 2.70. The van der Waals surface area contributed by atoms with Crippen molar-refractivity contribution in [3.8, 4) is 0 Å². The van der Waals surface area contributed by atoms with Crippen molar-refractivity contribution in [3.05, 3.63) is 50.6 Å². The van der Waals surface area contributed by atoms with Crippen molar-refractivity contribution in [1.29, 1.82) is 0 Å². The van der Waals surface area contributed by atoms with Crippen LogP contribution in [0.4, 0.5) is 5.69 Å². The Balaban J connectivity index is 3.14. The molecule has 0 aliphatic carbocycles. The third-order valence-electron chi connectivity index (χ3n) is 1.92. The number of hydrogen-bond acceptors (Lipinski definition) is 5. The van der Waals surface area contributed by atoms with Crippen LogP contribution in [0.25, 0.3) is 0 Å². The summed E-state index contributed by atoms with van der Waals surface area (Å²) in [5.74, 6) is -1.67. The third kappa shape index (κ3) is 2.34. The first kappa shape index (κ1) is 14.1. The Kier molecular flexibility index (Phi) is 4.04. The van der Waals surface area contributed by atoms with Gasteiger partial charge in [0.25, 0.3) is 0 Å². The van der Waals surface area contributed by atoms with E-state index in [-0.39, 0.29) is 10.1 Å². The zero-order valence-electron chi connectivity index (χ0n) is 8.53. The quantitative estimate of drug-likeness (QED) is 0.209. The number of carbonyl (C=O) groups is 1. The van der Waals surface area contributed by atoms with Crippen molar-refractivity contribution in [2.45, 2.75) is 5.12 Å². The summed E-state index contributed by atoms with van der Waals surface area (Å²) in [7, 11) is 0. The molecular weight excluding hydrogens is 289 g/mol. The summed E-state index contributed by atoms with van der Waals surface area (Å²) >= 11 is 10.7. The zero-order valence-corrected chi connectivity index (χ0v) is 10.0. The minimum absolute atomic E-state index is 0.0258. The summed E-state index contributed by atoms with van der Waals surface area (Å²) in [6, 6.07) is 7.26. The lowest BCUT2D eigenvalue weighted by atomic mass is 10.3. The Morgan fingerprint density at radius 3 is 2.00 bits per heavy atom. The standard InChI is InChI=1S/C8H5Cl2N3O5/c9-8(12(15)16,13(17)18)7(14)11(10)6-4-2-1-3-5-6/h1-5H. The molecule has 1 amide bonds. The first-order valence-corrected chi connectivity index (χ1v) is 5.06. The van der Waals surface area contributed by atoms with Gasteiger partial charge in [-0.05, 0) is 12.1 Å². The van der Waals surface area contributed by atoms with Crippen LogP contribution in [-0.4, -0.2) is 20.9 Å². The first-order chi connectivity index (χ1) is 8.31. The van der Waals surface area contributed by atoms with E-state index in [0.29, 0.717) is 0 Å². The molecule has 0 unspecified atom stereocenters. The van der Waals surface area contributed by atoms with E-state index in [4.69, 9.17) is 23.4 Å². The van der Waals surface area contributed by atoms with Crippen LogP contribution in [0.1, 0.15) is 0 Å². The van der Waals surface area contributed by atoms with Gasteiger partial charge in [-0.25, -0.2) is 4.42 Å². The molecule has 0 aromatic heterocycles. The molecule has 0 spiro atoms. The molecule has 0 aliphatic rings. The highest BCUT2D eigenvalue weighted by atomic mass is 35.5. The van der Waals surface area contributed by atoms with Crippen LogP contribution in [0.3, 0.4) is 0 Å². The van der Waals surface area contributed by atoms with Gasteiger partial charge in [-0.2, -0.15) is 0 Å². The van der Waals surface area contributed by atoms with Gasteiger partial charge >= 0.3 is 11.0 Å². The number of nitrogens with zero attached hydrogens (tertiary/aromatic N) is 3. The minimum Gasteiger partial charge on any atom is -0.257 e. The van der Waals surface area contributed by atoms with Crippen LogP contribution in [0.15, 0.2) is 30.3 Å². The number of nitro groups is 2. The second-order valence-electron chi connectivity index (χ2n) is 3.02. The van der Waals surface area contributed by atoms with Crippen LogP contribution in [-0.2, 0) is 4.79 Å². The molecule has 0 fully saturated rings. The van der Waals surface area contributed by atoms with E-state index in [9.17, 15) is 25.0 Å². The van der Waals surface area contributed by atoms with Crippen LogP contribution >= 0.6 is 23.4 Å². The monoisotopic (exact) mass is 293 g/mol. The van der Waals surface area contributed by atoms with Crippen LogP contribution in [0.5, 0.6) is 0 Å². The number of benzene rings is 1. The van der Waals surface area contributed by atoms with Crippen molar-refractivity contribution in [3.63, 3.8) is 0 Å². The molecule has 0 atom stereocenters. The Morgan fingerprint density at radius 2 is 1.61 bits per heavy atom. The maximum Gasteiger partial charge on any atom is 0.618 e. The first-order valence-electron chi connectivity index (χ1n) is 4.35. The Morgan fingerprint density at radius 1 is 1.17 bits per heavy atom. The Labute approximate surface area is 110 Å². The number of halogens is 2. The van der Waals surface area contributed by atoms with E-state index in [2.05, 4.69) is 0 Å². The van der Waals surface area contributed by atoms with Crippen LogP contribution < -0.4 is 4.42 Å². The predicted molar refractivity (Wildman–Crippen MR) is 62.4 cm³/mol. The molecule has 8 nitrogen and oxygen atoms in total. The lowest BCUT2D eigenvalue weighted by molar-refractivity contribution is -0.745. The van der Waals surface area contributed by atoms with Gasteiger partial charge in [0.1, 0.15) is 9.85 Å². The maximum atomic E-state index is 11.6. The lowest BCUT2D eigenvalue weighted by Crippen LogP contribution is -2.53. The average Bonchev–Trinajstić information content (AvgIpc) is 2.36. The molecule has 0 saturated heterocycles. The summed E-state index contributed by atoms with van der Waals surface area (Å²) in [6.07, 6.45) is 0. The van der Waals surface area contributed by atoms with E-state index >= 15 is 0 Å². The smallest absolute Gasteiger partial charge is 0.257 e. The van der Waals surface area contributed by atoms with E-state index in [1.807, 2.05) is 0 Å². The number of carbonyl (C=O) groups excluding carboxylic acids is 1. The second-order valence-corrected chi connectivity index (χ2v) is 3.89. The normalized spacial score (nSPS) is 10.8. The number of alkyl halides is 1. The number of para-hydroxylation sites is 1. The fourth-order valence-corrected chi connectivity index (χ4v) is 1.38. The summed E-state index contributed by atoms with van der Waals surface area (Å²) in [5, 5.41) is 17.6. The minimum atomic E-state index is -3.54. The largest absolute Gasteiger partial charge is 0.618 e. The summed E-state index contributed by atoms with van der Waals surface area (Å²) in [4.78, 5) is 29.7. The SMILES string of the molecule is O=C(N(Cl)c1ccccc1)C(Cl)([N+](=O)[O-])[N+](=O)[O-]. The van der Waals surface area contributed by atoms with Gasteiger partial charge < -0.3 is 0 Å². The van der Waals surface area contributed by atoms with Crippen molar-refractivity contribution in [1.82, 2.24) is 0 Å². The molecule has 0 saturated carbocycles. The Bertz CT molecular complexity index is 481. The van der Waals surface area contributed by atoms with Gasteiger partial charge in [0.05, 0.1) is 17.3 Å². The van der Waals surface area contributed by atoms with Crippen molar-refractivity contribution in [2.24, 2.45) is 0 Å². The van der Waals surface area contributed by atoms with Gasteiger partial charge in [0.2, 0.25) is 0 Å². The van der Waals surface area contributed by atoms with Gasteiger partial charge in [-0.1, -0.05) is 18.2 Å². The molecule has 0 aliphatic heterocycles. The van der Waals surface area contributed by atoms with E-state index in [1.54, 1.807) is 6.07 Å². The molecule has 1 aromatic rings. The number of hydrogen-bond donors (Lipinski definition) is 0. The number of rotatable bonds is 4. The van der Waals surface area contributed by atoms with Crippen LogP contribution in [0.2, 0.25) is 0 Å². The molecule has 1 aromatic carbocycles. The highest BCUT2D eigenvalue weighted by Crippen LogP contribution is 2.25. The lowest BCUT2D eigenvalue weighted by Gasteiger charge is -2.15. The van der Waals surface area contributed by atoms with E-state index in [1.165, 1.54) is 24.3 Å². The summed E-state index contributed by atoms with van der Waals surface area (Å²) in [6.45, 7) is 0. The summed E-state index contributed by atoms with van der Waals surface area (Å²) in [5.41, 5.74) is 0.0258. The van der Waals surface area contributed by atoms with Gasteiger partial charge in [0.15, 0.2) is 0 Å². The maximum absolute atomic E-state index is 11.6. The van der Waals surface area contributed by atoms with E-state index in [0.717, 1.165) is 0 Å². The van der Waals surface area contributed by atoms with E-state index < -0.39 is 20.9 Å². The van der Waals surface area contributed by atoms with Crippen molar-refractivity contribution in [2.75, 3.05) is 4.42 Å².